The molecule has 2 N–H and O–H groups in total. The highest BCUT2D eigenvalue weighted by atomic mass is 19.2. The fraction of sp³-hybridized carbons (Fsp3) is 0.343. The van der Waals surface area contributed by atoms with E-state index in [9.17, 15) is 28.4 Å². The number of ether oxygens (including phenoxy) is 2. The van der Waals surface area contributed by atoms with Crippen molar-refractivity contribution in [3.05, 3.63) is 118 Å². The van der Waals surface area contributed by atoms with E-state index in [0.717, 1.165) is 51.2 Å². The third-order valence-electron chi connectivity index (χ3n) is 8.92. The molecule has 0 bridgehead atoms. The molecule has 2 heterocycles. The predicted molar refractivity (Wildman–Crippen MR) is 168 cm³/mol. The van der Waals surface area contributed by atoms with Crippen LogP contribution in [0.2, 0.25) is 0 Å². The van der Waals surface area contributed by atoms with Crippen molar-refractivity contribution in [2.75, 3.05) is 47.0 Å². The van der Waals surface area contributed by atoms with E-state index in [2.05, 4.69) is 58.7 Å². The van der Waals surface area contributed by atoms with Gasteiger partial charge in [0.1, 0.15) is 6.04 Å². The molecule has 2 aliphatic heterocycles. The van der Waals surface area contributed by atoms with E-state index in [1.165, 1.54) is 18.2 Å². The Morgan fingerprint density at radius 1 is 0.957 bits per heavy atom. The second-order valence-corrected chi connectivity index (χ2v) is 11.6. The smallest absolute Gasteiger partial charge is 0.352 e. The summed E-state index contributed by atoms with van der Waals surface area (Å²) in [5.74, 6) is -3.33. The summed E-state index contributed by atoms with van der Waals surface area (Å²) in [5.41, 5.74) is 2.09. The number of esters is 1. The van der Waals surface area contributed by atoms with Crippen molar-refractivity contribution in [2.45, 2.75) is 30.7 Å². The average Bonchev–Trinajstić information content (AvgIpc) is 3.10. The quantitative estimate of drug-likeness (QED) is 0.172. The summed E-state index contributed by atoms with van der Waals surface area (Å²) in [6.07, 6.45) is 2.16. The zero-order valence-electron chi connectivity index (χ0n) is 26.3. The first-order chi connectivity index (χ1) is 22.7. The first kappa shape index (κ1) is 33.7. The standard InChI is InChI=1S/C35H38F2N4O6/c1-46-23-29-30(32(42)47-2)31(24-14-15-27(36)28(37)22-24)41(33(43)38-29)34(44)40(45)19-9-18-39-20-16-35(17-21-39,25-10-5-3-6-11-25)26-12-7-4-8-13-26/h3-8,10-15,22,31,45H,9,16-21,23H2,1-2H3,(H,38,43). The largest absolute Gasteiger partial charge is 0.466 e. The molecule has 3 aromatic carbocycles. The van der Waals surface area contributed by atoms with E-state index in [1.807, 2.05) is 12.1 Å². The predicted octanol–water partition coefficient (Wildman–Crippen LogP) is 5.39. The van der Waals surface area contributed by atoms with Gasteiger partial charge in [0.2, 0.25) is 0 Å². The number of benzene rings is 3. The summed E-state index contributed by atoms with van der Waals surface area (Å²) in [7, 11) is 2.44. The van der Waals surface area contributed by atoms with Crippen LogP contribution in [0, 0.1) is 11.6 Å². The first-order valence-electron chi connectivity index (χ1n) is 15.4. The molecule has 1 saturated heterocycles. The van der Waals surface area contributed by atoms with Gasteiger partial charge in [-0.25, -0.2) is 33.1 Å². The second kappa shape index (κ2) is 14.8. The van der Waals surface area contributed by atoms with Gasteiger partial charge in [0.15, 0.2) is 11.6 Å². The molecule has 1 atom stereocenters. The zero-order valence-corrected chi connectivity index (χ0v) is 26.3. The molecule has 47 heavy (non-hydrogen) atoms. The van der Waals surface area contributed by atoms with Crippen LogP contribution >= 0.6 is 0 Å². The van der Waals surface area contributed by atoms with Crippen molar-refractivity contribution >= 4 is 18.0 Å². The highest BCUT2D eigenvalue weighted by Gasteiger charge is 2.44. The fourth-order valence-corrected chi connectivity index (χ4v) is 6.55. The van der Waals surface area contributed by atoms with Crippen LogP contribution in [0.25, 0.3) is 0 Å². The van der Waals surface area contributed by atoms with Gasteiger partial charge in [-0.2, -0.15) is 0 Å². The molecule has 1 unspecified atom stereocenters. The lowest BCUT2D eigenvalue weighted by Gasteiger charge is -2.43. The van der Waals surface area contributed by atoms with Crippen molar-refractivity contribution in [2.24, 2.45) is 0 Å². The molecule has 0 aromatic heterocycles. The monoisotopic (exact) mass is 648 g/mol. The summed E-state index contributed by atoms with van der Waals surface area (Å²) in [5, 5.41) is 13.7. The van der Waals surface area contributed by atoms with Gasteiger partial charge >= 0.3 is 18.0 Å². The Hall–Kier alpha value is -4.65. The van der Waals surface area contributed by atoms with Crippen molar-refractivity contribution < 1.29 is 37.8 Å². The minimum atomic E-state index is -1.54. The lowest BCUT2D eigenvalue weighted by Crippen LogP contribution is -2.55. The number of hydrogen-bond donors (Lipinski definition) is 2. The normalized spacial score (nSPS) is 18.1. The molecule has 12 heteroatoms. The van der Waals surface area contributed by atoms with Gasteiger partial charge in [-0.3, -0.25) is 5.21 Å². The Labute approximate surface area is 272 Å². The van der Waals surface area contributed by atoms with Gasteiger partial charge < -0.3 is 19.7 Å². The lowest BCUT2D eigenvalue weighted by molar-refractivity contribution is -0.137. The molecule has 4 amide bonds. The van der Waals surface area contributed by atoms with Crippen molar-refractivity contribution in [1.82, 2.24) is 20.2 Å². The number of carbonyl (C=O) groups is 3. The fourth-order valence-electron chi connectivity index (χ4n) is 6.55. The second-order valence-electron chi connectivity index (χ2n) is 11.6. The molecule has 2 aliphatic rings. The highest BCUT2D eigenvalue weighted by molar-refractivity contribution is 6.01. The number of likely N-dealkylation sites (tertiary alicyclic amines) is 1. The van der Waals surface area contributed by atoms with Crippen LogP contribution in [-0.2, 0) is 19.7 Å². The number of amides is 4. The van der Waals surface area contributed by atoms with Gasteiger partial charge in [-0.1, -0.05) is 66.7 Å². The molecular weight excluding hydrogens is 610 g/mol. The lowest BCUT2D eigenvalue weighted by atomic mass is 9.68. The Morgan fingerprint density at radius 3 is 2.13 bits per heavy atom. The van der Waals surface area contributed by atoms with Crippen LogP contribution in [-0.4, -0.2) is 85.1 Å². The summed E-state index contributed by atoms with van der Waals surface area (Å²) >= 11 is 0. The van der Waals surface area contributed by atoms with E-state index in [-0.39, 0.29) is 35.4 Å². The SMILES string of the molecule is COCC1=C(C(=O)OC)C(c2ccc(F)c(F)c2)N(C(=O)N(O)CCCN2CCC(c3ccccc3)(c3ccccc3)CC2)C(=O)N1. The Kier molecular flexibility index (Phi) is 10.6. The zero-order chi connectivity index (χ0) is 33.6. The molecule has 3 aromatic rings. The minimum Gasteiger partial charge on any atom is -0.466 e. The van der Waals surface area contributed by atoms with Crippen molar-refractivity contribution in [3.8, 4) is 0 Å². The van der Waals surface area contributed by atoms with E-state index in [4.69, 9.17) is 9.47 Å². The van der Waals surface area contributed by atoms with Crippen molar-refractivity contribution in [1.29, 1.82) is 0 Å². The van der Waals surface area contributed by atoms with E-state index >= 15 is 0 Å². The molecule has 248 valence electrons. The van der Waals surface area contributed by atoms with Gasteiger partial charge in [0.25, 0.3) is 0 Å². The van der Waals surface area contributed by atoms with Gasteiger partial charge in [-0.15, -0.1) is 0 Å². The highest BCUT2D eigenvalue weighted by Crippen LogP contribution is 2.42. The van der Waals surface area contributed by atoms with Crippen LogP contribution in [0.1, 0.15) is 42.0 Å². The number of imide groups is 1. The maximum Gasteiger partial charge on any atom is 0.352 e. The Bertz CT molecular complexity index is 1570. The number of methoxy groups -OCH3 is 2. The number of carbonyl (C=O) groups excluding carboxylic acids is 3. The molecule has 5 rings (SSSR count). The van der Waals surface area contributed by atoms with Crippen LogP contribution in [0.5, 0.6) is 0 Å². The van der Waals surface area contributed by atoms with Crippen LogP contribution in [0.15, 0.2) is 90.1 Å². The third-order valence-corrected chi connectivity index (χ3v) is 8.92. The van der Waals surface area contributed by atoms with Gasteiger partial charge in [0, 0.05) is 12.5 Å². The summed E-state index contributed by atoms with van der Waals surface area (Å²) in [6, 6.07) is 20.0. The number of hydrogen-bond acceptors (Lipinski definition) is 7. The molecule has 0 radical (unpaired) electrons. The molecule has 1 fully saturated rings. The van der Waals surface area contributed by atoms with Crippen molar-refractivity contribution in [3.63, 3.8) is 0 Å². The molecule has 0 spiro atoms. The van der Waals surface area contributed by atoms with E-state index < -0.39 is 35.7 Å². The number of urea groups is 2. The molecule has 10 nitrogen and oxygen atoms in total. The van der Waals surface area contributed by atoms with Crippen LogP contribution in [0.3, 0.4) is 0 Å². The number of hydroxylamine groups is 2. The minimum absolute atomic E-state index is 0.0141. The summed E-state index contributed by atoms with van der Waals surface area (Å²) < 4.78 is 38.2. The first-order valence-corrected chi connectivity index (χ1v) is 15.4. The Morgan fingerprint density at radius 2 is 1.57 bits per heavy atom. The third kappa shape index (κ3) is 7.04. The number of nitrogens with one attached hydrogen (secondary N) is 1. The summed E-state index contributed by atoms with van der Waals surface area (Å²) in [4.78, 5) is 42.7. The molecule has 0 aliphatic carbocycles. The van der Waals surface area contributed by atoms with E-state index in [1.54, 1.807) is 0 Å². The van der Waals surface area contributed by atoms with Gasteiger partial charge in [-0.05, 0) is 67.7 Å². The maximum atomic E-state index is 14.4. The van der Waals surface area contributed by atoms with Crippen LogP contribution in [0.4, 0.5) is 18.4 Å². The number of rotatable bonds is 10. The number of piperidine rings is 1. The van der Waals surface area contributed by atoms with E-state index in [0.29, 0.717) is 22.9 Å². The molecule has 0 saturated carbocycles. The summed E-state index contributed by atoms with van der Waals surface area (Å²) in [6.45, 7) is 1.80. The van der Waals surface area contributed by atoms with Crippen LogP contribution < -0.4 is 5.32 Å². The molecular formula is C35H38F2N4O6. The average molecular weight is 649 g/mol. The maximum absolute atomic E-state index is 14.4. The topological polar surface area (TPSA) is 112 Å². The van der Waals surface area contributed by atoms with Gasteiger partial charge in [0.05, 0.1) is 31.5 Å². The number of nitrogens with zero attached hydrogens (tertiary/aromatic N) is 3. The Balaban J connectivity index is 1.29. The number of halogens is 2.